The Morgan fingerprint density at radius 3 is 2.67 bits per heavy atom. The van der Waals surface area contributed by atoms with Gasteiger partial charge >= 0.3 is 0 Å². The molecular formula is C13H22ClN3O. The monoisotopic (exact) mass is 271 g/mol. The van der Waals surface area contributed by atoms with Gasteiger partial charge in [0, 0.05) is 19.4 Å². The molecule has 1 aromatic rings. The third-order valence-electron chi connectivity index (χ3n) is 3.24. The first-order chi connectivity index (χ1) is 8.53. The molecule has 1 unspecified atom stereocenters. The molecule has 5 heteroatoms. The number of carbonyl (C=O) groups is 1. The Morgan fingerprint density at radius 1 is 1.50 bits per heavy atom. The Labute approximate surface area is 113 Å². The van der Waals surface area contributed by atoms with Gasteiger partial charge in [-0.15, -0.1) is 0 Å². The molecule has 102 valence electrons. The smallest absolute Gasteiger partial charge is 0.139 e. The average Bonchev–Trinajstić information content (AvgIpc) is 2.63. The Hall–Kier alpha value is -0.870. The van der Waals surface area contributed by atoms with E-state index in [2.05, 4.69) is 12.0 Å². The minimum absolute atomic E-state index is 0.184. The van der Waals surface area contributed by atoms with Gasteiger partial charge in [-0.25, -0.2) is 0 Å². The quantitative estimate of drug-likeness (QED) is 0.828. The van der Waals surface area contributed by atoms with Crippen LogP contribution in [0, 0.1) is 12.8 Å². The van der Waals surface area contributed by atoms with Gasteiger partial charge in [-0.3, -0.25) is 9.48 Å². The molecule has 1 rings (SSSR count). The summed E-state index contributed by atoms with van der Waals surface area (Å²) in [6, 6.07) is 0. The lowest BCUT2D eigenvalue weighted by atomic mass is 9.98. The lowest BCUT2D eigenvalue weighted by Gasteiger charge is -2.11. The predicted molar refractivity (Wildman–Crippen MR) is 73.8 cm³/mol. The molecule has 0 radical (unpaired) electrons. The third kappa shape index (κ3) is 3.56. The van der Waals surface area contributed by atoms with Crippen molar-refractivity contribution in [1.82, 2.24) is 9.78 Å². The van der Waals surface area contributed by atoms with Gasteiger partial charge in [0.1, 0.15) is 5.78 Å². The van der Waals surface area contributed by atoms with Crippen LogP contribution in [0.25, 0.3) is 0 Å². The minimum Gasteiger partial charge on any atom is -0.330 e. The van der Waals surface area contributed by atoms with Crippen LogP contribution in [0.3, 0.4) is 0 Å². The number of aryl methyl sites for hydroxylation is 2. The number of halogens is 1. The molecule has 0 amide bonds. The van der Waals surface area contributed by atoms with E-state index in [4.69, 9.17) is 17.3 Å². The summed E-state index contributed by atoms with van der Waals surface area (Å²) >= 11 is 6.18. The van der Waals surface area contributed by atoms with E-state index in [1.807, 2.05) is 13.8 Å². The fraction of sp³-hybridized carbons (Fsp3) is 0.692. The number of hydrogen-bond donors (Lipinski definition) is 1. The van der Waals surface area contributed by atoms with Crippen molar-refractivity contribution in [1.29, 1.82) is 0 Å². The van der Waals surface area contributed by atoms with E-state index in [0.29, 0.717) is 24.4 Å². The highest BCUT2D eigenvalue weighted by Crippen LogP contribution is 2.22. The third-order valence-corrected chi connectivity index (χ3v) is 3.74. The van der Waals surface area contributed by atoms with Crippen LogP contribution in [-0.4, -0.2) is 22.1 Å². The fourth-order valence-corrected chi connectivity index (χ4v) is 2.22. The molecule has 1 atom stereocenters. The normalized spacial score (nSPS) is 12.7. The first kappa shape index (κ1) is 15.2. The summed E-state index contributed by atoms with van der Waals surface area (Å²) in [6.45, 7) is 7.19. The van der Waals surface area contributed by atoms with Crippen molar-refractivity contribution in [2.45, 2.75) is 46.6 Å². The predicted octanol–water partition coefficient (Wildman–Crippen LogP) is 2.35. The number of Topliss-reactive ketones (excluding diaryl/α,β-unsaturated/α-hetero) is 1. The van der Waals surface area contributed by atoms with Crippen molar-refractivity contribution in [2.75, 3.05) is 6.54 Å². The van der Waals surface area contributed by atoms with Gasteiger partial charge in [0.15, 0.2) is 0 Å². The largest absolute Gasteiger partial charge is 0.330 e. The highest BCUT2D eigenvalue weighted by molar-refractivity contribution is 6.32. The van der Waals surface area contributed by atoms with Crippen LogP contribution < -0.4 is 5.73 Å². The minimum atomic E-state index is 0.184. The van der Waals surface area contributed by atoms with Crippen molar-refractivity contribution < 1.29 is 4.79 Å². The van der Waals surface area contributed by atoms with Crippen LogP contribution in [-0.2, 0) is 17.8 Å². The molecule has 1 heterocycles. The standard InChI is InChI=1S/C13H22ClN3O/c1-4-10(8-15)6-11(18)7-12-13(14)9(3)16-17(12)5-2/h10H,4-8,15H2,1-3H3. The number of ketones is 1. The maximum absolute atomic E-state index is 12.0. The van der Waals surface area contributed by atoms with Crippen LogP contribution in [0.5, 0.6) is 0 Å². The van der Waals surface area contributed by atoms with Crippen LogP contribution in [0.1, 0.15) is 38.1 Å². The molecule has 0 aliphatic carbocycles. The summed E-state index contributed by atoms with van der Waals surface area (Å²) in [5.41, 5.74) is 7.23. The zero-order chi connectivity index (χ0) is 13.7. The number of carbonyl (C=O) groups excluding carboxylic acids is 1. The summed E-state index contributed by atoms with van der Waals surface area (Å²) in [5, 5.41) is 4.93. The van der Waals surface area contributed by atoms with Gasteiger partial charge in [0.05, 0.1) is 16.4 Å². The molecule has 0 aliphatic heterocycles. The first-order valence-electron chi connectivity index (χ1n) is 6.46. The summed E-state index contributed by atoms with van der Waals surface area (Å²) in [5.74, 6) is 0.458. The molecule has 2 N–H and O–H groups in total. The van der Waals surface area contributed by atoms with E-state index < -0.39 is 0 Å². The van der Waals surface area contributed by atoms with Gasteiger partial charge in [0.25, 0.3) is 0 Å². The van der Waals surface area contributed by atoms with Crippen molar-refractivity contribution in [3.05, 3.63) is 16.4 Å². The van der Waals surface area contributed by atoms with E-state index in [9.17, 15) is 4.79 Å². The van der Waals surface area contributed by atoms with Crippen LogP contribution in [0.2, 0.25) is 5.02 Å². The van der Waals surface area contributed by atoms with E-state index in [0.717, 1.165) is 24.4 Å². The SMILES string of the molecule is CCC(CN)CC(=O)Cc1c(Cl)c(C)nn1CC. The lowest BCUT2D eigenvalue weighted by Crippen LogP contribution is -2.19. The van der Waals surface area contributed by atoms with E-state index in [-0.39, 0.29) is 11.7 Å². The Balaban J connectivity index is 2.75. The van der Waals surface area contributed by atoms with E-state index >= 15 is 0 Å². The second-order valence-corrected chi connectivity index (χ2v) is 4.97. The second-order valence-electron chi connectivity index (χ2n) is 4.59. The topological polar surface area (TPSA) is 60.9 Å². The van der Waals surface area contributed by atoms with Crippen LogP contribution >= 0.6 is 11.6 Å². The van der Waals surface area contributed by atoms with Gasteiger partial charge in [0.2, 0.25) is 0 Å². The Bertz CT molecular complexity index is 411. The highest BCUT2D eigenvalue weighted by Gasteiger charge is 2.17. The Morgan fingerprint density at radius 2 is 2.17 bits per heavy atom. The maximum atomic E-state index is 12.0. The van der Waals surface area contributed by atoms with E-state index in [1.165, 1.54) is 0 Å². The van der Waals surface area contributed by atoms with E-state index in [1.54, 1.807) is 4.68 Å². The molecule has 0 fully saturated rings. The van der Waals surface area contributed by atoms with Crippen LogP contribution in [0.4, 0.5) is 0 Å². The zero-order valence-corrected chi connectivity index (χ0v) is 12.1. The van der Waals surface area contributed by atoms with Crippen molar-refractivity contribution in [3.8, 4) is 0 Å². The van der Waals surface area contributed by atoms with Gasteiger partial charge < -0.3 is 5.73 Å². The molecule has 1 aromatic heterocycles. The number of nitrogens with zero attached hydrogens (tertiary/aromatic N) is 2. The van der Waals surface area contributed by atoms with Crippen LogP contribution in [0.15, 0.2) is 0 Å². The van der Waals surface area contributed by atoms with Gasteiger partial charge in [-0.05, 0) is 26.3 Å². The average molecular weight is 272 g/mol. The molecule has 18 heavy (non-hydrogen) atoms. The summed E-state index contributed by atoms with van der Waals surface area (Å²) in [7, 11) is 0. The number of aromatic nitrogens is 2. The molecule has 0 bridgehead atoms. The number of hydrogen-bond acceptors (Lipinski definition) is 3. The molecular weight excluding hydrogens is 250 g/mol. The maximum Gasteiger partial charge on any atom is 0.139 e. The lowest BCUT2D eigenvalue weighted by molar-refractivity contribution is -0.119. The number of nitrogens with two attached hydrogens (primary N) is 1. The second kappa shape index (κ2) is 6.90. The number of rotatable bonds is 7. The van der Waals surface area contributed by atoms with Gasteiger partial charge in [-0.1, -0.05) is 24.9 Å². The van der Waals surface area contributed by atoms with Crippen molar-refractivity contribution >= 4 is 17.4 Å². The fourth-order valence-electron chi connectivity index (χ4n) is 2.01. The zero-order valence-electron chi connectivity index (χ0n) is 11.4. The molecule has 0 aromatic carbocycles. The summed E-state index contributed by atoms with van der Waals surface area (Å²) in [4.78, 5) is 12.0. The molecule has 0 spiro atoms. The molecule has 0 aliphatic rings. The molecule has 4 nitrogen and oxygen atoms in total. The summed E-state index contributed by atoms with van der Waals surface area (Å²) in [6.07, 6.45) is 1.81. The molecule has 0 saturated heterocycles. The Kier molecular flexibility index (Phi) is 5.82. The first-order valence-corrected chi connectivity index (χ1v) is 6.84. The van der Waals surface area contributed by atoms with Gasteiger partial charge in [-0.2, -0.15) is 5.10 Å². The van der Waals surface area contributed by atoms with Crippen molar-refractivity contribution in [3.63, 3.8) is 0 Å². The highest BCUT2D eigenvalue weighted by atomic mass is 35.5. The molecule has 0 saturated carbocycles. The summed E-state index contributed by atoms with van der Waals surface area (Å²) < 4.78 is 1.80. The van der Waals surface area contributed by atoms with Crippen molar-refractivity contribution in [2.24, 2.45) is 11.7 Å².